The van der Waals surface area contributed by atoms with Gasteiger partial charge in [-0.15, -0.1) is 0 Å². The fraction of sp³-hybridized carbons (Fsp3) is 0.333. The minimum Gasteiger partial charge on any atom is -0.346 e. The summed E-state index contributed by atoms with van der Waals surface area (Å²) in [6.45, 7) is 1.40. The summed E-state index contributed by atoms with van der Waals surface area (Å²) in [5, 5.41) is 4.88. The van der Waals surface area contributed by atoms with E-state index in [2.05, 4.69) is 10.6 Å². The molecule has 4 nitrogen and oxygen atoms in total. The molecule has 0 spiro atoms. The molecule has 2 N–H and O–H groups in total. The van der Waals surface area contributed by atoms with Crippen LogP contribution in [-0.4, -0.2) is 29.6 Å². The summed E-state index contributed by atoms with van der Waals surface area (Å²) >= 11 is 5.44. The lowest BCUT2D eigenvalue weighted by Gasteiger charge is -2.09. The first kappa shape index (κ1) is 17.6. The lowest BCUT2D eigenvalue weighted by atomic mass is 10.2. The zero-order chi connectivity index (χ0) is 16.0. The minimum atomic E-state index is -4.48. The number of aryl methyl sites for hydroxylation is 1. The number of carbonyl (C=O) groups is 2. The van der Waals surface area contributed by atoms with Crippen LogP contribution in [0.15, 0.2) is 18.2 Å². The molecule has 0 saturated carbocycles. The molecule has 9 heteroatoms. The predicted molar refractivity (Wildman–Crippen MR) is 76.3 cm³/mol. The van der Waals surface area contributed by atoms with Gasteiger partial charge in [0.05, 0.1) is 23.0 Å². The molecule has 0 saturated heterocycles. The topological polar surface area (TPSA) is 58.2 Å². The lowest BCUT2D eigenvalue weighted by Crippen LogP contribution is -2.34. The molecule has 0 unspecified atom stereocenters. The molecule has 0 aliphatic carbocycles. The van der Waals surface area contributed by atoms with Crippen LogP contribution in [0.4, 0.5) is 18.9 Å². The monoisotopic (exact) mass is 340 g/mol. The molecule has 1 rings (SSSR count). The second-order valence-corrected chi connectivity index (χ2v) is 5.49. The summed E-state index contributed by atoms with van der Waals surface area (Å²) in [6, 6.07) is 4.98. The Balaban J connectivity index is 2.39. The lowest BCUT2D eigenvalue weighted by molar-refractivity contribution is -0.122. The van der Waals surface area contributed by atoms with E-state index in [-0.39, 0.29) is 0 Å². The van der Waals surface area contributed by atoms with Crippen molar-refractivity contribution in [1.82, 2.24) is 5.32 Å². The van der Waals surface area contributed by atoms with E-state index in [1.54, 1.807) is 18.2 Å². The van der Waals surface area contributed by atoms with E-state index in [0.29, 0.717) is 10.7 Å². The van der Waals surface area contributed by atoms with E-state index < -0.39 is 41.4 Å². The zero-order valence-electron chi connectivity index (χ0n) is 10.9. The Morgan fingerprint density at radius 2 is 1.95 bits per heavy atom. The molecule has 0 atom stereocenters. The fourth-order valence-electron chi connectivity index (χ4n) is 1.29. The number of halogens is 4. The van der Waals surface area contributed by atoms with Gasteiger partial charge >= 0.3 is 5.51 Å². The molecule has 21 heavy (non-hydrogen) atoms. The van der Waals surface area contributed by atoms with Crippen molar-refractivity contribution in [2.75, 3.05) is 17.6 Å². The van der Waals surface area contributed by atoms with Gasteiger partial charge in [-0.05, 0) is 36.4 Å². The number of thioether (sulfide) groups is 1. The Morgan fingerprint density at radius 3 is 2.52 bits per heavy atom. The molecular formula is C12H12ClF3N2O2S. The van der Waals surface area contributed by atoms with Crippen molar-refractivity contribution in [2.45, 2.75) is 12.4 Å². The second-order valence-electron chi connectivity index (χ2n) is 4.04. The third-order valence-electron chi connectivity index (χ3n) is 2.21. The molecule has 0 fully saturated rings. The molecule has 0 aromatic heterocycles. The maximum Gasteiger partial charge on any atom is 0.442 e. The van der Waals surface area contributed by atoms with E-state index in [0.717, 1.165) is 5.56 Å². The average molecular weight is 341 g/mol. The van der Waals surface area contributed by atoms with Crippen LogP contribution in [-0.2, 0) is 9.59 Å². The number of amides is 2. The normalized spacial score (nSPS) is 11.1. The van der Waals surface area contributed by atoms with Gasteiger partial charge in [-0.1, -0.05) is 17.7 Å². The van der Waals surface area contributed by atoms with Gasteiger partial charge in [0.1, 0.15) is 0 Å². The average Bonchev–Trinajstić information content (AvgIpc) is 2.36. The molecule has 0 heterocycles. The number of anilines is 1. The van der Waals surface area contributed by atoms with Crippen LogP contribution < -0.4 is 10.6 Å². The van der Waals surface area contributed by atoms with Crippen molar-refractivity contribution < 1.29 is 22.8 Å². The van der Waals surface area contributed by atoms with Gasteiger partial charge in [-0.2, -0.15) is 13.2 Å². The summed E-state index contributed by atoms with van der Waals surface area (Å²) in [7, 11) is 0. The summed E-state index contributed by atoms with van der Waals surface area (Å²) < 4.78 is 35.6. The molecule has 0 aliphatic heterocycles. The van der Waals surface area contributed by atoms with Crippen molar-refractivity contribution in [3.05, 3.63) is 28.8 Å². The molecule has 1 aromatic rings. The van der Waals surface area contributed by atoms with E-state index in [1.165, 1.54) is 0 Å². The number of carbonyl (C=O) groups excluding carboxylic acids is 2. The third kappa shape index (κ3) is 7.24. The Labute approximate surface area is 128 Å². The van der Waals surface area contributed by atoms with Crippen molar-refractivity contribution >= 4 is 40.9 Å². The van der Waals surface area contributed by atoms with Crippen LogP contribution in [0.2, 0.25) is 5.02 Å². The highest BCUT2D eigenvalue weighted by Crippen LogP contribution is 2.29. The summed E-state index contributed by atoms with van der Waals surface area (Å²) in [5.74, 6) is -2.24. The first-order chi connectivity index (χ1) is 9.67. The zero-order valence-corrected chi connectivity index (χ0v) is 12.5. The molecule has 0 bridgehead atoms. The maximum absolute atomic E-state index is 11.9. The van der Waals surface area contributed by atoms with Gasteiger partial charge in [0.15, 0.2) is 0 Å². The highest BCUT2D eigenvalue weighted by molar-refractivity contribution is 8.00. The summed E-state index contributed by atoms with van der Waals surface area (Å²) in [5.41, 5.74) is -3.20. The number of nitrogens with one attached hydrogen (secondary N) is 2. The molecular weight excluding hydrogens is 329 g/mol. The summed E-state index contributed by atoms with van der Waals surface area (Å²) in [6.07, 6.45) is 0. The van der Waals surface area contributed by atoms with Gasteiger partial charge in [0, 0.05) is 0 Å². The predicted octanol–water partition coefficient (Wildman–Crippen LogP) is 2.96. The van der Waals surface area contributed by atoms with Gasteiger partial charge in [-0.25, -0.2) is 0 Å². The van der Waals surface area contributed by atoms with Crippen LogP contribution in [0.1, 0.15) is 5.56 Å². The molecule has 0 radical (unpaired) electrons. The molecule has 116 valence electrons. The first-order valence-electron chi connectivity index (χ1n) is 5.71. The number of hydrogen-bond donors (Lipinski definition) is 2. The van der Waals surface area contributed by atoms with Crippen molar-refractivity contribution in [2.24, 2.45) is 0 Å². The maximum atomic E-state index is 11.9. The van der Waals surface area contributed by atoms with Gasteiger partial charge in [-0.3, -0.25) is 9.59 Å². The van der Waals surface area contributed by atoms with Crippen molar-refractivity contribution in [3.63, 3.8) is 0 Å². The fourth-order valence-corrected chi connectivity index (χ4v) is 1.97. The second kappa shape index (κ2) is 7.56. The minimum absolute atomic E-state index is 0.335. The van der Waals surface area contributed by atoms with Crippen LogP contribution in [0, 0.1) is 6.92 Å². The van der Waals surface area contributed by atoms with Crippen LogP contribution in [0.25, 0.3) is 0 Å². The number of benzene rings is 1. The van der Waals surface area contributed by atoms with Gasteiger partial charge in [0.25, 0.3) is 0 Å². The number of rotatable bonds is 5. The van der Waals surface area contributed by atoms with Gasteiger partial charge < -0.3 is 10.6 Å². The Bertz CT molecular complexity index is 538. The van der Waals surface area contributed by atoms with Crippen molar-refractivity contribution in [1.29, 1.82) is 0 Å². The Hall–Kier alpha value is -1.41. The van der Waals surface area contributed by atoms with E-state index >= 15 is 0 Å². The Morgan fingerprint density at radius 1 is 1.29 bits per heavy atom. The highest BCUT2D eigenvalue weighted by Gasteiger charge is 2.29. The highest BCUT2D eigenvalue weighted by atomic mass is 35.5. The van der Waals surface area contributed by atoms with E-state index in [1.807, 2.05) is 6.92 Å². The number of hydrogen-bond acceptors (Lipinski definition) is 3. The standard InChI is InChI=1S/C12H12ClF3N2O2S/c1-7-2-3-9(8(13)4-7)18-10(19)5-17-11(20)6-21-12(14,15)16/h2-4H,5-6H2,1H3,(H,17,20)(H,18,19). The first-order valence-corrected chi connectivity index (χ1v) is 7.07. The van der Waals surface area contributed by atoms with Crippen LogP contribution >= 0.6 is 23.4 Å². The van der Waals surface area contributed by atoms with Crippen LogP contribution in [0.5, 0.6) is 0 Å². The summed E-state index contributed by atoms with van der Waals surface area (Å²) in [4.78, 5) is 22.7. The third-order valence-corrected chi connectivity index (χ3v) is 3.26. The largest absolute Gasteiger partial charge is 0.442 e. The SMILES string of the molecule is Cc1ccc(NC(=O)CNC(=O)CSC(F)(F)F)c(Cl)c1. The van der Waals surface area contributed by atoms with Crippen molar-refractivity contribution in [3.8, 4) is 0 Å². The Kier molecular flexibility index (Phi) is 6.35. The van der Waals surface area contributed by atoms with E-state index in [4.69, 9.17) is 11.6 Å². The number of alkyl halides is 3. The quantitative estimate of drug-likeness (QED) is 0.866. The smallest absolute Gasteiger partial charge is 0.346 e. The van der Waals surface area contributed by atoms with Gasteiger partial charge in [0.2, 0.25) is 11.8 Å². The molecule has 2 amide bonds. The molecule has 1 aromatic carbocycles. The van der Waals surface area contributed by atoms with Crippen LogP contribution in [0.3, 0.4) is 0 Å². The molecule has 0 aliphatic rings. The van der Waals surface area contributed by atoms with E-state index in [9.17, 15) is 22.8 Å².